The van der Waals surface area contributed by atoms with Gasteiger partial charge in [0.25, 0.3) is 5.91 Å². The molecule has 0 fully saturated rings. The maximum Gasteiger partial charge on any atom is 0.251 e. The number of hydrogen-bond donors (Lipinski definition) is 2. The SMILES string of the molecule is C[C@@H](N)/C(=C\F)COc1ccc(C(=O)NC(C)(C)C)cc1.Cl. The van der Waals surface area contributed by atoms with Crippen molar-refractivity contribution in [3.63, 3.8) is 0 Å². The summed E-state index contributed by atoms with van der Waals surface area (Å²) in [5.41, 5.74) is 6.23. The molecule has 1 atom stereocenters. The maximum absolute atomic E-state index is 12.6. The number of ether oxygens (including phenoxy) is 1. The predicted octanol–water partition coefficient (Wildman–Crippen LogP) is 3.22. The largest absolute Gasteiger partial charge is 0.489 e. The molecule has 0 radical (unpaired) electrons. The van der Waals surface area contributed by atoms with Crippen molar-refractivity contribution in [1.82, 2.24) is 5.32 Å². The fourth-order valence-corrected chi connectivity index (χ4v) is 1.54. The van der Waals surface area contributed by atoms with Gasteiger partial charge in [-0.1, -0.05) is 0 Å². The van der Waals surface area contributed by atoms with Crippen LogP contribution in [0.25, 0.3) is 0 Å². The van der Waals surface area contributed by atoms with Gasteiger partial charge in [0.05, 0.1) is 6.33 Å². The third-order valence-corrected chi connectivity index (χ3v) is 2.74. The summed E-state index contributed by atoms with van der Waals surface area (Å²) in [5.74, 6) is 0.413. The van der Waals surface area contributed by atoms with Crippen LogP contribution in [-0.4, -0.2) is 24.1 Å². The third kappa shape index (κ3) is 6.91. The molecule has 0 aromatic heterocycles. The quantitative estimate of drug-likeness (QED) is 0.871. The molecule has 0 saturated heterocycles. The number of carbonyl (C=O) groups excluding carboxylic acids is 1. The number of amides is 1. The van der Waals surface area contributed by atoms with E-state index in [0.717, 1.165) is 0 Å². The topological polar surface area (TPSA) is 64.3 Å². The fraction of sp³-hybridized carbons (Fsp3) is 0.438. The molecule has 4 nitrogen and oxygen atoms in total. The molecule has 124 valence electrons. The molecule has 0 aliphatic heterocycles. The molecular weight excluding hydrogens is 307 g/mol. The highest BCUT2D eigenvalue weighted by Gasteiger charge is 2.15. The van der Waals surface area contributed by atoms with E-state index in [1.165, 1.54) is 0 Å². The van der Waals surface area contributed by atoms with Gasteiger partial charge in [0.2, 0.25) is 0 Å². The molecule has 0 unspecified atom stereocenters. The van der Waals surface area contributed by atoms with E-state index in [-0.39, 0.29) is 30.5 Å². The van der Waals surface area contributed by atoms with Gasteiger partial charge in [0.1, 0.15) is 12.4 Å². The van der Waals surface area contributed by atoms with E-state index < -0.39 is 6.04 Å². The van der Waals surface area contributed by atoms with E-state index in [0.29, 0.717) is 23.2 Å². The molecule has 1 amide bonds. The lowest BCUT2D eigenvalue weighted by Gasteiger charge is -2.20. The smallest absolute Gasteiger partial charge is 0.251 e. The molecule has 1 aromatic rings. The monoisotopic (exact) mass is 330 g/mol. The van der Waals surface area contributed by atoms with E-state index in [4.69, 9.17) is 10.5 Å². The van der Waals surface area contributed by atoms with Crippen molar-refractivity contribution in [2.45, 2.75) is 39.3 Å². The summed E-state index contributed by atoms with van der Waals surface area (Å²) in [7, 11) is 0. The van der Waals surface area contributed by atoms with Crippen LogP contribution >= 0.6 is 12.4 Å². The van der Waals surface area contributed by atoms with Crippen LogP contribution in [0.2, 0.25) is 0 Å². The number of carbonyl (C=O) groups is 1. The van der Waals surface area contributed by atoms with E-state index in [1.54, 1.807) is 31.2 Å². The minimum absolute atomic E-state index is 0. The summed E-state index contributed by atoms with van der Waals surface area (Å²) >= 11 is 0. The second kappa shape index (κ2) is 8.76. The molecule has 0 saturated carbocycles. The number of rotatable bonds is 5. The van der Waals surface area contributed by atoms with Gasteiger partial charge < -0.3 is 15.8 Å². The van der Waals surface area contributed by atoms with Crippen LogP contribution in [0, 0.1) is 0 Å². The number of nitrogens with two attached hydrogens (primary N) is 1. The molecular formula is C16H24ClFN2O2. The van der Waals surface area contributed by atoms with Crippen molar-refractivity contribution < 1.29 is 13.9 Å². The van der Waals surface area contributed by atoms with Crippen LogP contribution in [0.1, 0.15) is 38.1 Å². The lowest BCUT2D eigenvalue weighted by atomic mass is 10.1. The highest BCUT2D eigenvalue weighted by atomic mass is 35.5. The third-order valence-electron chi connectivity index (χ3n) is 2.74. The highest BCUT2D eigenvalue weighted by Crippen LogP contribution is 2.14. The van der Waals surface area contributed by atoms with Crippen LogP contribution in [0.4, 0.5) is 4.39 Å². The molecule has 3 N–H and O–H groups in total. The van der Waals surface area contributed by atoms with Crippen LogP contribution in [0.15, 0.2) is 36.2 Å². The molecule has 22 heavy (non-hydrogen) atoms. The van der Waals surface area contributed by atoms with Gasteiger partial charge in [-0.15, -0.1) is 12.4 Å². The van der Waals surface area contributed by atoms with Gasteiger partial charge in [-0.2, -0.15) is 0 Å². The number of hydrogen-bond acceptors (Lipinski definition) is 3. The van der Waals surface area contributed by atoms with Gasteiger partial charge in [0.15, 0.2) is 0 Å². The number of nitrogens with one attached hydrogen (secondary N) is 1. The zero-order valence-corrected chi connectivity index (χ0v) is 14.2. The van der Waals surface area contributed by atoms with E-state index in [2.05, 4.69) is 5.32 Å². The van der Waals surface area contributed by atoms with Crippen molar-refractivity contribution in [2.75, 3.05) is 6.61 Å². The summed E-state index contributed by atoms with van der Waals surface area (Å²) < 4.78 is 18.0. The Kier molecular flexibility index (Phi) is 8.12. The average Bonchev–Trinajstić information content (AvgIpc) is 2.37. The van der Waals surface area contributed by atoms with Crippen molar-refractivity contribution in [3.8, 4) is 5.75 Å². The summed E-state index contributed by atoms with van der Waals surface area (Å²) in [5, 5.41) is 2.87. The molecule has 0 aliphatic carbocycles. The zero-order valence-electron chi connectivity index (χ0n) is 13.4. The Hall–Kier alpha value is -1.59. The van der Waals surface area contributed by atoms with E-state index in [9.17, 15) is 9.18 Å². The van der Waals surface area contributed by atoms with Gasteiger partial charge in [0, 0.05) is 22.7 Å². The first kappa shape index (κ1) is 20.4. The molecule has 0 heterocycles. The van der Waals surface area contributed by atoms with Gasteiger partial charge in [-0.05, 0) is 52.0 Å². The lowest BCUT2D eigenvalue weighted by molar-refractivity contribution is 0.0919. The number of halogens is 2. The minimum atomic E-state index is -0.396. The standard InChI is InChI=1S/C16H23FN2O2.ClH/c1-11(18)13(9-17)10-21-14-7-5-12(6-8-14)15(20)19-16(2,3)4;/h5-9,11H,10,18H2,1-4H3,(H,19,20);1H/b13-9-;/t11-;/m1./s1. The lowest BCUT2D eigenvalue weighted by Crippen LogP contribution is -2.40. The Morgan fingerprint density at radius 2 is 1.91 bits per heavy atom. The molecule has 0 aliphatic rings. The van der Waals surface area contributed by atoms with Gasteiger partial charge in [-0.25, -0.2) is 4.39 Å². The van der Waals surface area contributed by atoms with E-state index >= 15 is 0 Å². The van der Waals surface area contributed by atoms with Crippen molar-refractivity contribution in [1.29, 1.82) is 0 Å². The Balaban J connectivity index is 0.00000441. The Labute approximate surface area is 137 Å². The van der Waals surface area contributed by atoms with Crippen LogP contribution in [0.3, 0.4) is 0 Å². The highest BCUT2D eigenvalue weighted by molar-refractivity contribution is 5.94. The van der Waals surface area contributed by atoms with Crippen molar-refractivity contribution in [3.05, 3.63) is 41.7 Å². The Bertz CT molecular complexity index is 508. The Morgan fingerprint density at radius 1 is 1.36 bits per heavy atom. The van der Waals surface area contributed by atoms with Crippen molar-refractivity contribution in [2.24, 2.45) is 5.73 Å². The summed E-state index contributed by atoms with van der Waals surface area (Å²) in [6.07, 6.45) is 0.468. The first-order valence-electron chi connectivity index (χ1n) is 6.83. The maximum atomic E-state index is 12.6. The molecule has 0 bridgehead atoms. The minimum Gasteiger partial charge on any atom is -0.489 e. The Morgan fingerprint density at radius 3 is 2.32 bits per heavy atom. The normalized spacial score (nSPS) is 13.1. The van der Waals surface area contributed by atoms with E-state index in [1.807, 2.05) is 20.8 Å². The van der Waals surface area contributed by atoms with Crippen molar-refractivity contribution >= 4 is 18.3 Å². The molecule has 1 rings (SSSR count). The van der Waals surface area contributed by atoms with Crippen LogP contribution in [0.5, 0.6) is 5.75 Å². The predicted molar refractivity (Wildman–Crippen MR) is 89.2 cm³/mol. The van der Waals surface area contributed by atoms with Crippen LogP contribution < -0.4 is 15.8 Å². The summed E-state index contributed by atoms with van der Waals surface area (Å²) in [6.45, 7) is 7.53. The summed E-state index contributed by atoms with van der Waals surface area (Å²) in [4.78, 5) is 11.9. The second-order valence-corrected chi connectivity index (χ2v) is 5.99. The molecule has 0 spiro atoms. The molecule has 6 heteroatoms. The van der Waals surface area contributed by atoms with Crippen LogP contribution in [-0.2, 0) is 0 Å². The zero-order chi connectivity index (χ0) is 16.0. The number of benzene rings is 1. The fourth-order valence-electron chi connectivity index (χ4n) is 1.54. The second-order valence-electron chi connectivity index (χ2n) is 5.99. The van der Waals surface area contributed by atoms with Gasteiger partial charge >= 0.3 is 0 Å². The molecule has 1 aromatic carbocycles. The average molecular weight is 331 g/mol. The first-order valence-corrected chi connectivity index (χ1v) is 6.83. The van der Waals surface area contributed by atoms with Gasteiger partial charge in [-0.3, -0.25) is 4.79 Å². The first-order chi connectivity index (χ1) is 9.73. The summed E-state index contributed by atoms with van der Waals surface area (Å²) in [6, 6.07) is 6.29.